The number of hydrogen-bond donors (Lipinski definition) is 1. The van der Waals surface area contributed by atoms with Crippen molar-refractivity contribution in [3.63, 3.8) is 0 Å². The number of sulfonamides is 1. The standard InChI is InChI=1S/C21H22ClF3N2O5S/c1-31-15-6-8-18(32-2)19(11-15)33(29,30)27-9-3-4-13(12-27)20(28)26-17-7-5-14(22)10-16(17)21(23,24)25/h5-8,10-11,13H,3-4,9,12H2,1-2H3,(H,26,28)/t13-/m1/s1. The van der Waals surface area contributed by atoms with Crippen LogP contribution in [0.5, 0.6) is 11.5 Å². The van der Waals surface area contributed by atoms with Gasteiger partial charge in [0.25, 0.3) is 0 Å². The van der Waals surface area contributed by atoms with Crippen molar-refractivity contribution in [2.45, 2.75) is 23.9 Å². The van der Waals surface area contributed by atoms with Gasteiger partial charge in [-0.2, -0.15) is 17.5 Å². The molecular weight excluding hydrogens is 485 g/mol. The molecule has 12 heteroatoms. The number of methoxy groups -OCH3 is 2. The molecule has 0 bridgehead atoms. The Morgan fingerprint density at radius 1 is 1.15 bits per heavy atom. The van der Waals surface area contributed by atoms with Gasteiger partial charge in [0.05, 0.1) is 31.4 Å². The summed E-state index contributed by atoms with van der Waals surface area (Å²) in [5, 5.41) is 2.16. The van der Waals surface area contributed by atoms with E-state index in [0.717, 1.165) is 16.4 Å². The van der Waals surface area contributed by atoms with Crippen molar-refractivity contribution >= 4 is 33.2 Å². The Morgan fingerprint density at radius 2 is 1.88 bits per heavy atom. The maximum atomic E-state index is 13.3. The van der Waals surface area contributed by atoms with E-state index in [9.17, 15) is 26.4 Å². The molecule has 2 aromatic carbocycles. The number of piperidine rings is 1. The molecule has 1 atom stereocenters. The summed E-state index contributed by atoms with van der Waals surface area (Å²) in [7, 11) is -1.34. The number of halogens is 4. The molecule has 0 spiro atoms. The van der Waals surface area contributed by atoms with Crippen LogP contribution in [-0.4, -0.2) is 45.9 Å². The van der Waals surface area contributed by atoms with Gasteiger partial charge in [0, 0.05) is 24.2 Å². The molecule has 0 saturated carbocycles. The van der Waals surface area contributed by atoms with Crippen LogP contribution in [0.1, 0.15) is 18.4 Å². The predicted molar refractivity (Wildman–Crippen MR) is 116 cm³/mol. The molecule has 0 aromatic heterocycles. The molecule has 2 aromatic rings. The quantitative estimate of drug-likeness (QED) is 0.627. The maximum absolute atomic E-state index is 13.3. The molecule has 0 aliphatic carbocycles. The predicted octanol–water partition coefficient (Wildman–Crippen LogP) is 4.42. The summed E-state index contributed by atoms with van der Waals surface area (Å²) in [6.45, 7) is -0.0370. The first kappa shape index (κ1) is 25.1. The second kappa shape index (κ2) is 9.78. The highest BCUT2D eigenvalue weighted by atomic mass is 35.5. The zero-order valence-electron chi connectivity index (χ0n) is 17.8. The van der Waals surface area contributed by atoms with Crippen LogP contribution < -0.4 is 14.8 Å². The van der Waals surface area contributed by atoms with Crippen molar-refractivity contribution in [3.8, 4) is 11.5 Å². The second-order valence-electron chi connectivity index (χ2n) is 7.40. The van der Waals surface area contributed by atoms with Gasteiger partial charge in [-0.15, -0.1) is 0 Å². The van der Waals surface area contributed by atoms with Crippen LogP contribution >= 0.6 is 11.6 Å². The SMILES string of the molecule is COc1ccc(OC)c(S(=O)(=O)N2CCC[C@@H](C(=O)Nc3ccc(Cl)cc3C(F)(F)F)C2)c1. The fourth-order valence-electron chi connectivity index (χ4n) is 3.59. The lowest BCUT2D eigenvalue weighted by molar-refractivity contribution is -0.137. The van der Waals surface area contributed by atoms with Gasteiger partial charge in [0.1, 0.15) is 16.4 Å². The summed E-state index contributed by atoms with van der Waals surface area (Å²) in [6, 6.07) is 7.36. The molecule has 1 saturated heterocycles. The van der Waals surface area contributed by atoms with Crippen LogP contribution in [0.3, 0.4) is 0 Å². The molecule has 1 amide bonds. The zero-order valence-corrected chi connectivity index (χ0v) is 19.4. The van der Waals surface area contributed by atoms with Gasteiger partial charge in [-0.05, 0) is 43.2 Å². The number of anilines is 1. The van der Waals surface area contributed by atoms with Crippen LogP contribution in [0, 0.1) is 5.92 Å². The number of alkyl halides is 3. The molecule has 1 aliphatic rings. The van der Waals surface area contributed by atoms with Crippen molar-refractivity contribution in [1.82, 2.24) is 4.31 Å². The molecule has 7 nitrogen and oxygen atoms in total. The minimum atomic E-state index is -4.72. The smallest absolute Gasteiger partial charge is 0.418 e. The van der Waals surface area contributed by atoms with Gasteiger partial charge in [-0.25, -0.2) is 8.42 Å². The summed E-state index contributed by atoms with van der Waals surface area (Å²) in [4.78, 5) is 12.7. The normalized spacial score (nSPS) is 17.5. The van der Waals surface area contributed by atoms with Gasteiger partial charge in [-0.1, -0.05) is 11.6 Å². The molecule has 1 fully saturated rings. The number of rotatable bonds is 6. The summed E-state index contributed by atoms with van der Waals surface area (Å²) in [6.07, 6.45) is -4.04. The first-order valence-corrected chi connectivity index (χ1v) is 11.7. The monoisotopic (exact) mass is 506 g/mol. The summed E-state index contributed by atoms with van der Waals surface area (Å²) < 4.78 is 78.0. The lowest BCUT2D eigenvalue weighted by atomic mass is 9.98. The van der Waals surface area contributed by atoms with Crippen LogP contribution in [0.25, 0.3) is 0 Å². The first-order valence-electron chi connectivity index (χ1n) is 9.87. The van der Waals surface area contributed by atoms with Crippen LogP contribution in [0.15, 0.2) is 41.3 Å². The average Bonchev–Trinajstić information content (AvgIpc) is 2.79. The van der Waals surface area contributed by atoms with E-state index >= 15 is 0 Å². The molecule has 1 N–H and O–H groups in total. The van der Waals surface area contributed by atoms with Crippen molar-refractivity contribution in [2.24, 2.45) is 5.92 Å². The Morgan fingerprint density at radius 3 is 2.52 bits per heavy atom. The first-order chi connectivity index (χ1) is 15.5. The molecule has 33 heavy (non-hydrogen) atoms. The zero-order chi connectivity index (χ0) is 24.4. The highest BCUT2D eigenvalue weighted by molar-refractivity contribution is 7.89. The minimum absolute atomic E-state index is 0.110. The van der Waals surface area contributed by atoms with E-state index in [4.69, 9.17) is 21.1 Å². The number of nitrogens with one attached hydrogen (secondary N) is 1. The fraction of sp³-hybridized carbons (Fsp3) is 0.381. The molecule has 180 valence electrons. The number of ether oxygens (including phenoxy) is 2. The summed E-state index contributed by atoms with van der Waals surface area (Å²) in [5.74, 6) is -1.14. The Hall–Kier alpha value is -2.50. The fourth-order valence-corrected chi connectivity index (χ4v) is 5.46. The van der Waals surface area contributed by atoms with Gasteiger partial charge in [0.15, 0.2) is 0 Å². The van der Waals surface area contributed by atoms with E-state index in [1.807, 2.05) is 0 Å². The largest absolute Gasteiger partial charge is 0.497 e. The van der Waals surface area contributed by atoms with Crippen LogP contribution in [0.4, 0.5) is 18.9 Å². The van der Waals surface area contributed by atoms with E-state index in [1.165, 1.54) is 32.4 Å². The lowest BCUT2D eigenvalue weighted by Crippen LogP contribution is -2.43. The van der Waals surface area contributed by atoms with Crippen molar-refractivity contribution < 1.29 is 35.9 Å². The third kappa shape index (κ3) is 5.53. The number of carbonyl (C=O) groups is 1. The Kier molecular flexibility index (Phi) is 7.45. The number of amides is 1. The van der Waals surface area contributed by atoms with E-state index in [-0.39, 0.29) is 28.8 Å². The Balaban J connectivity index is 1.84. The molecule has 1 heterocycles. The Labute approximate surface area is 194 Å². The van der Waals surface area contributed by atoms with Crippen molar-refractivity contribution in [3.05, 3.63) is 47.0 Å². The van der Waals surface area contributed by atoms with Gasteiger partial charge in [0.2, 0.25) is 15.9 Å². The van der Waals surface area contributed by atoms with Crippen molar-refractivity contribution in [2.75, 3.05) is 32.6 Å². The van der Waals surface area contributed by atoms with Crippen molar-refractivity contribution in [1.29, 1.82) is 0 Å². The highest BCUT2D eigenvalue weighted by Crippen LogP contribution is 2.37. The van der Waals surface area contributed by atoms with E-state index in [2.05, 4.69) is 5.32 Å². The number of carbonyl (C=O) groups excluding carboxylic acids is 1. The number of nitrogens with zero attached hydrogens (tertiary/aromatic N) is 1. The van der Waals surface area contributed by atoms with Crippen LogP contribution in [0.2, 0.25) is 5.02 Å². The third-order valence-electron chi connectivity index (χ3n) is 5.29. The highest BCUT2D eigenvalue weighted by Gasteiger charge is 2.37. The molecular formula is C21H22ClF3N2O5S. The van der Waals surface area contributed by atoms with Gasteiger partial charge < -0.3 is 14.8 Å². The number of hydrogen-bond acceptors (Lipinski definition) is 5. The molecule has 3 rings (SSSR count). The maximum Gasteiger partial charge on any atom is 0.418 e. The van der Waals surface area contributed by atoms with E-state index in [0.29, 0.717) is 18.6 Å². The minimum Gasteiger partial charge on any atom is -0.497 e. The average molecular weight is 507 g/mol. The number of benzene rings is 2. The Bertz CT molecular complexity index is 1140. The molecule has 0 radical (unpaired) electrons. The summed E-state index contributed by atoms with van der Waals surface area (Å²) in [5.41, 5.74) is -1.52. The lowest BCUT2D eigenvalue weighted by Gasteiger charge is -2.31. The van der Waals surface area contributed by atoms with Gasteiger partial charge >= 0.3 is 6.18 Å². The van der Waals surface area contributed by atoms with Gasteiger partial charge in [-0.3, -0.25) is 4.79 Å². The molecule has 1 aliphatic heterocycles. The summed E-state index contributed by atoms with van der Waals surface area (Å²) >= 11 is 5.68. The van der Waals surface area contributed by atoms with E-state index in [1.54, 1.807) is 6.07 Å². The third-order valence-corrected chi connectivity index (χ3v) is 7.41. The molecule has 0 unspecified atom stereocenters. The topological polar surface area (TPSA) is 84.9 Å². The second-order valence-corrected chi connectivity index (χ2v) is 9.74. The van der Waals surface area contributed by atoms with Crippen LogP contribution in [-0.2, 0) is 21.0 Å². The van der Waals surface area contributed by atoms with E-state index < -0.39 is 39.3 Å².